The first-order valence-corrected chi connectivity index (χ1v) is 7.91. The standard InChI is InChI=1S/C19H26N2O2/c1-14-9-16(11-20-13-19(3,4)22)10-15(2)18(14)23-12-17-7-5-6-8-21-17/h5-10,20,22H,11-13H2,1-4H3. The van der Waals surface area contributed by atoms with Crippen molar-refractivity contribution in [1.29, 1.82) is 0 Å². The third-order valence-electron chi connectivity index (χ3n) is 3.50. The van der Waals surface area contributed by atoms with Crippen LogP contribution in [0.15, 0.2) is 36.5 Å². The van der Waals surface area contributed by atoms with Crippen LogP contribution >= 0.6 is 0 Å². The largest absolute Gasteiger partial charge is 0.487 e. The minimum Gasteiger partial charge on any atom is -0.487 e. The van der Waals surface area contributed by atoms with Crippen LogP contribution in [0.4, 0.5) is 0 Å². The van der Waals surface area contributed by atoms with Gasteiger partial charge in [0.1, 0.15) is 12.4 Å². The van der Waals surface area contributed by atoms with Crippen molar-refractivity contribution in [2.45, 2.75) is 46.4 Å². The topological polar surface area (TPSA) is 54.4 Å². The first-order valence-electron chi connectivity index (χ1n) is 7.91. The molecule has 4 heteroatoms. The molecule has 0 atom stereocenters. The quantitative estimate of drug-likeness (QED) is 0.824. The number of nitrogens with one attached hydrogen (secondary N) is 1. The molecule has 1 aromatic carbocycles. The average molecular weight is 314 g/mol. The molecule has 0 aliphatic carbocycles. The van der Waals surface area contributed by atoms with E-state index in [2.05, 4.69) is 36.3 Å². The van der Waals surface area contributed by atoms with E-state index >= 15 is 0 Å². The van der Waals surface area contributed by atoms with E-state index in [0.717, 1.165) is 29.1 Å². The van der Waals surface area contributed by atoms with E-state index in [9.17, 15) is 5.11 Å². The Kier molecular flexibility index (Phi) is 5.74. The van der Waals surface area contributed by atoms with Crippen LogP contribution in [0.2, 0.25) is 0 Å². The van der Waals surface area contributed by atoms with Crippen LogP contribution in [0, 0.1) is 13.8 Å². The second kappa shape index (κ2) is 7.57. The molecular weight excluding hydrogens is 288 g/mol. The second-order valence-electron chi connectivity index (χ2n) is 6.58. The van der Waals surface area contributed by atoms with Crippen LogP contribution in [0.1, 0.15) is 36.2 Å². The van der Waals surface area contributed by atoms with E-state index in [0.29, 0.717) is 13.2 Å². The lowest BCUT2D eigenvalue weighted by atomic mass is 10.0. The summed E-state index contributed by atoms with van der Waals surface area (Å²) in [7, 11) is 0. The van der Waals surface area contributed by atoms with Crippen LogP contribution in [0.5, 0.6) is 5.75 Å². The highest BCUT2D eigenvalue weighted by atomic mass is 16.5. The molecule has 0 bridgehead atoms. The van der Waals surface area contributed by atoms with E-state index in [1.54, 1.807) is 20.0 Å². The van der Waals surface area contributed by atoms with Gasteiger partial charge in [0.2, 0.25) is 0 Å². The van der Waals surface area contributed by atoms with Crippen molar-refractivity contribution in [3.8, 4) is 5.75 Å². The Hall–Kier alpha value is -1.91. The summed E-state index contributed by atoms with van der Waals surface area (Å²) in [5.74, 6) is 0.918. The summed E-state index contributed by atoms with van der Waals surface area (Å²) in [6.45, 7) is 9.46. The highest BCUT2D eigenvalue weighted by Gasteiger charge is 2.12. The van der Waals surface area contributed by atoms with Crippen molar-refractivity contribution >= 4 is 0 Å². The molecule has 1 heterocycles. The summed E-state index contributed by atoms with van der Waals surface area (Å²) in [5, 5.41) is 13.0. The highest BCUT2D eigenvalue weighted by molar-refractivity contribution is 5.43. The molecule has 0 aliphatic rings. The third kappa shape index (κ3) is 5.66. The zero-order valence-corrected chi connectivity index (χ0v) is 14.4. The Morgan fingerprint density at radius 3 is 2.43 bits per heavy atom. The minimum absolute atomic E-state index is 0.471. The number of benzene rings is 1. The molecule has 0 radical (unpaired) electrons. The van der Waals surface area contributed by atoms with E-state index in [-0.39, 0.29) is 0 Å². The van der Waals surface area contributed by atoms with Gasteiger partial charge in [0.05, 0.1) is 11.3 Å². The van der Waals surface area contributed by atoms with Crippen molar-refractivity contribution < 1.29 is 9.84 Å². The van der Waals surface area contributed by atoms with Gasteiger partial charge in [0, 0.05) is 19.3 Å². The Balaban J connectivity index is 1.99. The average Bonchev–Trinajstić information content (AvgIpc) is 2.46. The number of aryl methyl sites for hydroxylation is 2. The van der Waals surface area contributed by atoms with E-state index in [1.165, 1.54) is 5.56 Å². The van der Waals surface area contributed by atoms with Crippen molar-refractivity contribution in [1.82, 2.24) is 10.3 Å². The summed E-state index contributed by atoms with van der Waals surface area (Å²) in [6.07, 6.45) is 1.77. The van der Waals surface area contributed by atoms with Gasteiger partial charge in [-0.1, -0.05) is 18.2 Å². The monoisotopic (exact) mass is 314 g/mol. The number of aromatic nitrogens is 1. The van der Waals surface area contributed by atoms with Gasteiger partial charge < -0.3 is 15.2 Å². The Morgan fingerprint density at radius 1 is 1.17 bits per heavy atom. The van der Waals surface area contributed by atoms with E-state index in [1.807, 2.05) is 18.2 Å². The molecule has 23 heavy (non-hydrogen) atoms. The number of hydrogen-bond donors (Lipinski definition) is 2. The van der Waals surface area contributed by atoms with Gasteiger partial charge in [-0.15, -0.1) is 0 Å². The van der Waals surface area contributed by atoms with Crippen LogP contribution in [0.3, 0.4) is 0 Å². The molecule has 2 aromatic rings. The summed E-state index contributed by atoms with van der Waals surface area (Å²) in [4.78, 5) is 4.28. The number of rotatable bonds is 7. The van der Waals surface area contributed by atoms with E-state index < -0.39 is 5.60 Å². The molecular formula is C19H26N2O2. The molecule has 4 nitrogen and oxygen atoms in total. The first-order chi connectivity index (χ1) is 10.8. The smallest absolute Gasteiger partial charge is 0.130 e. The second-order valence-corrected chi connectivity index (χ2v) is 6.58. The molecule has 0 aliphatic heterocycles. The predicted octanol–water partition coefficient (Wildman–Crippen LogP) is 3.14. The van der Waals surface area contributed by atoms with Crippen molar-refractivity contribution in [2.24, 2.45) is 0 Å². The number of nitrogens with zero attached hydrogens (tertiary/aromatic N) is 1. The van der Waals surface area contributed by atoms with Crippen molar-refractivity contribution in [3.05, 3.63) is 58.9 Å². The van der Waals surface area contributed by atoms with Gasteiger partial charge >= 0.3 is 0 Å². The Bertz CT molecular complexity index is 611. The van der Waals surface area contributed by atoms with E-state index in [4.69, 9.17) is 4.74 Å². The first kappa shape index (κ1) is 17.4. The molecule has 0 amide bonds. The SMILES string of the molecule is Cc1cc(CNCC(C)(C)O)cc(C)c1OCc1ccccn1. The van der Waals surface area contributed by atoms with Crippen LogP contribution < -0.4 is 10.1 Å². The summed E-state index contributed by atoms with van der Waals surface area (Å²) in [5.41, 5.74) is 3.63. The fourth-order valence-corrected chi connectivity index (χ4v) is 2.51. The van der Waals surface area contributed by atoms with Gasteiger partial charge in [-0.25, -0.2) is 0 Å². The number of pyridine rings is 1. The highest BCUT2D eigenvalue weighted by Crippen LogP contribution is 2.25. The Labute approximate surface area is 138 Å². The third-order valence-corrected chi connectivity index (χ3v) is 3.50. The predicted molar refractivity (Wildman–Crippen MR) is 92.5 cm³/mol. The molecule has 0 saturated carbocycles. The number of aliphatic hydroxyl groups is 1. The maximum atomic E-state index is 9.74. The summed E-state index contributed by atoms with van der Waals surface area (Å²) < 4.78 is 5.94. The zero-order valence-electron chi connectivity index (χ0n) is 14.4. The van der Waals surface area contributed by atoms with Crippen LogP contribution in [0.25, 0.3) is 0 Å². The van der Waals surface area contributed by atoms with Gasteiger partial charge in [0.25, 0.3) is 0 Å². The molecule has 0 fully saturated rings. The minimum atomic E-state index is -0.699. The summed E-state index contributed by atoms with van der Waals surface area (Å²) >= 11 is 0. The van der Waals surface area contributed by atoms with Gasteiger partial charge in [-0.05, 0) is 56.5 Å². The molecule has 2 rings (SSSR count). The van der Waals surface area contributed by atoms with Gasteiger partial charge in [-0.2, -0.15) is 0 Å². The normalized spacial score (nSPS) is 11.5. The molecule has 124 valence electrons. The molecule has 1 aromatic heterocycles. The van der Waals surface area contributed by atoms with Crippen molar-refractivity contribution in [3.63, 3.8) is 0 Å². The maximum Gasteiger partial charge on any atom is 0.130 e. The van der Waals surface area contributed by atoms with Crippen LogP contribution in [-0.2, 0) is 13.2 Å². The zero-order chi connectivity index (χ0) is 16.9. The van der Waals surface area contributed by atoms with Gasteiger partial charge in [-0.3, -0.25) is 4.98 Å². The fourth-order valence-electron chi connectivity index (χ4n) is 2.51. The number of ether oxygens (including phenoxy) is 1. The molecule has 0 saturated heterocycles. The lowest BCUT2D eigenvalue weighted by Gasteiger charge is -2.18. The number of hydrogen-bond acceptors (Lipinski definition) is 4. The van der Waals surface area contributed by atoms with Gasteiger partial charge in [0.15, 0.2) is 0 Å². The van der Waals surface area contributed by atoms with Crippen LogP contribution in [-0.4, -0.2) is 22.2 Å². The van der Waals surface area contributed by atoms with Crippen molar-refractivity contribution in [2.75, 3.05) is 6.54 Å². The summed E-state index contributed by atoms with van der Waals surface area (Å²) in [6, 6.07) is 10.1. The lowest BCUT2D eigenvalue weighted by Crippen LogP contribution is -2.34. The Morgan fingerprint density at radius 2 is 1.87 bits per heavy atom. The molecule has 0 spiro atoms. The molecule has 2 N–H and O–H groups in total. The fraction of sp³-hybridized carbons (Fsp3) is 0.421. The lowest BCUT2D eigenvalue weighted by molar-refractivity contribution is 0.0795. The maximum absolute atomic E-state index is 9.74. The molecule has 0 unspecified atom stereocenters.